The number of aromatic nitrogens is 3. The first kappa shape index (κ1) is 13.6. The van der Waals surface area contributed by atoms with Crippen molar-refractivity contribution in [3.05, 3.63) is 40.3 Å². The summed E-state index contributed by atoms with van der Waals surface area (Å²) in [5.41, 5.74) is 1.09. The van der Waals surface area contributed by atoms with Gasteiger partial charge in [0.1, 0.15) is 0 Å². The Labute approximate surface area is 126 Å². The van der Waals surface area contributed by atoms with E-state index in [2.05, 4.69) is 40.0 Å². The standard InChI is InChI=1S/C14H16N4S2/c1-2-7-15-11(13-9-16-18-20-13)8-14-17-10-5-3-4-6-12(10)19-14/h3-6,9,11,15H,2,7-8H2,1H3. The SMILES string of the molecule is CCCNC(Cc1nc2ccccc2s1)c1cnns1. The Bertz CT molecular complexity index is 630. The molecule has 0 aliphatic rings. The summed E-state index contributed by atoms with van der Waals surface area (Å²) >= 11 is 3.23. The molecular weight excluding hydrogens is 288 g/mol. The third-order valence-corrected chi connectivity index (χ3v) is 4.91. The summed E-state index contributed by atoms with van der Waals surface area (Å²) in [6.07, 6.45) is 3.86. The number of hydrogen-bond acceptors (Lipinski definition) is 6. The van der Waals surface area contributed by atoms with E-state index in [1.165, 1.54) is 21.1 Å². The van der Waals surface area contributed by atoms with Gasteiger partial charge in [0.25, 0.3) is 0 Å². The number of nitrogens with one attached hydrogen (secondary N) is 1. The molecular formula is C14H16N4S2. The largest absolute Gasteiger partial charge is 0.309 e. The molecule has 4 nitrogen and oxygen atoms in total. The van der Waals surface area contributed by atoms with Crippen LogP contribution in [0.15, 0.2) is 30.5 Å². The molecule has 1 unspecified atom stereocenters. The highest BCUT2D eigenvalue weighted by Gasteiger charge is 2.16. The summed E-state index contributed by atoms with van der Waals surface area (Å²) in [5.74, 6) is 0. The van der Waals surface area contributed by atoms with Crippen LogP contribution in [0.25, 0.3) is 10.2 Å². The Balaban J connectivity index is 1.81. The molecule has 6 heteroatoms. The molecule has 0 saturated carbocycles. The molecule has 0 aliphatic carbocycles. The van der Waals surface area contributed by atoms with Gasteiger partial charge >= 0.3 is 0 Å². The molecule has 0 saturated heterocycles. The van der Waals surface area contributed by atoms with E-state index in [1.807, 2.05) is 12.3 Å². The Morgan fingerprint density at radius 1 is 1.30 bits per heavy atom. The molecule has 0 amide bonds. The fourth-order valence-corrected chi connectivity index (χ4v) is 3.69. The zero-order valence-corrected chi connectivity index (χ0v) is 12.9. The van der Waals surface area contributed by atoms with Crippen LogP contribution in [0.3, 0.4) is 0 Å². The van der Waals surface area contributed by atoms with Gasteiger partial charge in [-0.15, -0.1) is 16.4 Å². The van der Waals surface area contributed by atoms with E-state index in [0.29, 0.717) is 0 Å². The van der Waals surface area contributed by atoms with Gasteiger partial charge in [0.15, 0.2) is 0 Å². The topological polar surface area (TPSA) is 50.7 Å². The van der Waals surface area contributed by atoms with Crippen molar-refractivity contribution in [2.75, 3.05) is 6.54 Å². The first-order valence-electron chi connectivity index (χ1n) is 6.72. The van der Waals surface area contributed by atoms with Crippen molar-refractivity contribution in [3.8, 4) is 0 Å². The lowest BCUT2D eigenvalue weighted by molar-refractivity contribution is 0.535. The van der Waals surface area contributed by atoms with E-state index in [1.54, 1.807) is 11.3 Å². The Morgan fingerprint density at radius 3 is 2.95 bits per heavy atom. The maximum Gasteiger partial charge on any atom is 0.0957 e. The van der Waals surface area contributed by atoms with Gasteiger partial charge in [0, 0.05) is 6.42 Å². The lowest BCUT2D eigenvalue weighted by Gasteiger charge is -2.14. The molecule has 2 aromatic heterocycles. The number of thiazole rings is 1. The minimum atomic E-state index is 0.260. The molecule has 1 N–H and O–H groups in total. The van der Waals surface area contributed by atoms with Crippen molar-refractivity contribution >= 4 is 33.1 Å². The summed E-state index contributed by atoms with van der Waals surface area (Å²) in [6, 6.07) is 8.54. The van der Waals surface area contributed by atoms with Crippen molar-refractivity contribution in [3.63, 3.8) is 0 Å². The predicted octanol–water partition coefficient (Wildman–Crippen LogP) is 3.43. The molecule has 0 radical (unpaired) electrons. The van der Waals surface area contributed by atoms with Gasteiger partial charge in [-0.3, -0.25) is 0 Å². The molecule has 1 aromatic carbocycles. The Kier molecular flexibility index (Phi) is 4.34. The van der Waals surface area contributed by atoms with Gasteiger partial charge < -0.3 is 5.32 Å². The maximum atomic E-state index is 4.71. The number of rotatable bonds is 6. The van der Waals surface area contributed by atoms with Gasteiger partial charge in [0.05, 0.1) is 32.3 Å². The second kappa shape index (κ2) is 6.39. The monoisotopic (exact) mass is 304 g/mol. The number of benzene rings is 1. The van der Waals surface area contributed by atoms with Crippen molar-refractivity contribution in [1.82, 2.24) is 19.9 Å². The van der Waals surface area contributed by atoms with Gasteiger partial charge in [-0.05, 0) is 36.6 Å². The summed E-state index contributed by atoms with van der Waals surface area (Å²) in [7, 11) is 0. The van der Waals surface area contributed by atoms with Crippen LogP contribution >= 0.6 is 22.9 Å². The second-order valence-electron chi connectivity index (χ2n) is 4.61. The van der Waals surface area contributed by atoms with E-state index in [0.717, 1.165) is 29.9 Å². The minimum Gasteiger partial charge on any atom is -0.309 e. The van der Waals surface area contributed by atoms with Crippen molar-refractivity contribution in [2.45, 2.75) is 25.8 Å². The fourth-order valence-electron chi connectivity index (χ4n) is 2.10. The molecule has 3 aromatic rings. The maximum absolute atomic E-state index is 4.71. The van der Waals surface area contributed by atoms with Crippen LogP contribution < -0.4 is 5.32 Å². The first-order chi connectivity index (χ1) is 9.86. The van der Waals surface area contributed by atoms with Gasteiger partial charge in [-0.25, -0.2) is 4.98 Å². The van der Waals surface area contributed by atoms with Crippen molar-refractivity contribution in [1.29, 1.82) is 0 Å². The van der Waals surface area contributed by atoms with Crippen LogP contribution in [0.4, 0.5) is 0 Å². The van der Waals surface area contributed by atoms with Gasteiger partial charge in [0.2, 0.25) is 0 Å². The average Bonchev–Trinajstić information content (AvgIpc) is 3.11. The molecule has 0 aliphatic heterocycles. The van der Waals surface area contributed by atoms with Gasteiger partial charge in [-0.2, -0.15) is 0 Å². The molecule has 20 heavy (non-hydrogen) atoms. The molecule has 0 bridgehead atoms. The summed E-state index contributed by atoms with van der Waals surface area (Å²) in [4.78, 5) is 5.89. The average molecular weight is 304 g/mol. The summed E-state index contributed by atoms with van der Waals surface area (Å²) in [5, 5.41) is 8.67. The zero-order valence-electron chi connectivity index (χ0n) is 11.2. The number of para-hydroxylation sites is 1. The number of nitrogens with zero attached hydrogens (tertiary/aromatic N) is 3. The number of fused-ring (bicyclic) bond motifs is 1. The predicted molar refractivity (Wildman–Crippen MR) is 84.3 cm³/mol. The molecule has 3 rings (SSSR count). The molecule has 1 atom stereocenters. The van der Waals surface area contributed by atoms with Gasteiger partial charge in [-0.1, -0.05) is 23.5 Å². The van der Waals surface area contributed by atoms with E-state index < -0.39 is 0 Å². The first-order valence-corrected chi connectivity index (χ1v) is 8.31. The van der Waals surface area contributed by atoms with E-state index >= 15 is 0 Å². The fraction of sp³-hybridized carbons (Fsp3) is 0.357. The molecule has 0 spiro atoms. The normalized spacial score (nSPS) is 12.8. The summed E-state index contributed by atoms with van der Waals surface area (Å²) in [6.45, 7) is 3.17. The quantitative estimate of drug-likeness (QED) is 0.758. The van der Waals surface area contributed by atoms with Crippen LogP contribution in [-0.2, 0) is 6.42 Å². The molecule has 2 heterocycles. The third kappa shape index (κ3) is 3.03. The van der Waals surface area contributed by atoms with Crippen LogP contribution in [0.5, 0.6) is 0 Å². The minimum absolute atomic E-state index is 0.260. The van der Waals surface area contributed by atoms with Crippen LogP contribution in [0, 0.1) is 0 Å². The van der Waals surface area contributed by atoms with E-state index in [-0.39, 0.29) is 6.04 Å². The summed E-state index contributed by atoms with van der Waals surface area (Å²) < 4.78 is 5.22. The Morgan fingerprint density at radius 2 is 2.20 bits per heavy atom. The molecule has 0 fully saturated rings. The Hall–Kier alpha value is -1.37. The van der Waals surface area contributed by atoms with Crippen LogP contribution in [0.2, 0.25) is 0 Å². The smallest absolute Gasteiger partial charge is 0.0957 e. The van der Waals surface area contributed by atoms with Crippen LogP contribution in [-0.4, -0.2) is 21.1 Å². The highest BCUT2D eigenvalue weighted by Crippen LogP contribution is 2.26. The lowest BCUT2D eigenvalue weighted by atomic mass is 10.2. The van der Waals surface area contributed by atoms with E-state index in [9.17, 15) is 0 Å². The van der Waals surface area contributed by atoms with Crippen LogP contribution in [0.1, 0.15) is 29.3 Å². The number of hydrogen-bond donors (Lipinski definition) is 1. The zero-order chi connectivity index (χ0) is 13.8. The molecule has 104 valence electrons. The van der Waals surface area contributed by atoms with E-state index in [4.69, 9.17) is 4.98 Å². The van der Waals surface area contributed by atoms with Crippen molar-refractivity contribution < 1.29 is 0 Å². The third-order valence-electron chi connectivity index (χ3n) is 3.08. The van der Waals surface area contributed by atoms with Crippen molar-refractivity contribution in [2.24, 2.45) is 0 Å². The highest BCUT2D eigenvalue weighted by molar-refractivity contribution is 7.18. The lowest BCUT2D eigenvalue weighted by Crippen LogP contribution is -2.23. The highest BCUT2D eigenvalue weighted by atomic mass is 32.1. The second-order valence-corrected chi connectivity index (χ2v) is 6.54.